The van der Waals surface area contributed by atoms with Gasteiger partial charge in [0.1, 0.15) is 42.7 Å². The van der Waals surface area contributed by atoms with E-state index in [9.17, 15) is 35.7 Å². The molecule has 32 heavy (non-hydrogen) atoms. The third-order valence-electron chi connectivity index (χ3n) is 5.49. The van der Waals surface area contributed by atoms with Gasteiger partial charge in [-0.3, -0.25) is 0 Å². The summed E-state index contributed by atoms with van der Waals surface area (Å²) in [6.45, 7) is 2.90. The minimum atomic E-state index is -1.66. The van der Waals surface area contributed by atoms with Gasteiger partial charge in [-0.15, -0.1) is 0 Å². The lowest BCUT2D eigenvalue weighted by Gasteiger charge is -2.42. The topological polar surface area (TPSA) is 179 Å². The highest BCUT2D eigenvalue weighted by atomic mass is 16.7. The van der Waals surface area contributed by atoms with Crippen LogP contribution < -0.4 is 4.74 Å². The Labute approximate surface area is 184 Å². The molecule has 10 atom stereocenters. The van der Waals surface area contributed by atoms with Gasteiger partial charge >= 0.3 is 0 Å². The molecule has 3 rings (SSSR count). The molecule has 2 fully saturated rings. The van der Waals surface area contributed by atoms with Crippen LogP contribution in [-0.4, -0.2) is 104 Å². The second kappa shape index (κ2) is 10.4. The molecule has 2 saturated heterocycles. The molecule has 180 valence electrons. The first-order valence-corrected chi connectivity index (χ1v) is 10.3. The molecule has 11 nitrogen and oxygen atoms in total. The van der Waals surface area contributed by atoms with Gasteiger partial charge in [0.05, 0.1) is 12.7 Å². The van der Waals surface area contributed by atoms with Gasteiger partial charge < -0.3 is 54.7 Å². The average Bonchev–Trinajstić information content (AvgIpc) is 2.76. The van der Waals surface area contributed by atoms with Crippen molar-refractivity contribution < 1.29 is 54.7 Å². The van der Waals surface area contributed by atoms with Crippen molar-refractivity contribution in [3.63, 3.8) is 0 Å². The van der Waals surface area contributed by atoms with Crippen LogP contribution in [0.1, 0.15) is 19.4 Å². The van der Waals surface area contributed by atoms with E-state index in [1.54, 1.807) is 18.2 Å². The Hall–Kier alpha value is -1.80. The van der Waals surface area contributed by atoms with E-state index in [1.165, 1.54) is 19.1 Å². The monoisotopic (exact) mass is 458 g/mol. The third kappa shape index (κ3) is 5.22. The average molecular weight is 458 g/mol. The Balaban J connectivity index is 1.66. The second-order valence-corrected chi connectivity index (χ2v) is 7.87. The molecule has 0 amide bonds. The second-order valence-electron chi connectivity index (χ2n) is 7.87. The minimum absolute atomic E-state index is 0.0115. The Morgan fingerprint density at radius 2 is 1.53 bits per heavy atom. The SMILES string of the molecule is C/C=C/c1ccc(OC2OC(COC3OC(C)C(O)C(O)C3O)C(O)C(O)C2O)c(O)c1. The number of hydrogen-bond acceptors (Lipinski definition) is 11. The van der Waals surface area contributed by atoms with Crippen molar-refractivity contribution >= 4 is 6.08 Å². The molecule has 0 radical (unpaired) electrons. The van der Waals surface area contributed by atoms with Crippen LogP contribution in [0.4, 0.5) is 0 Å². The summed E-state index contributed by atoms with van der Waals surface area (Å²) >= 11 is 0. The van der Waals surface area contributed by atoms with Crippen LogP contribution >= 0.6 is 0 Å². The van der Waals surface area contributed by atoms with Gasteiger partial charge in [-0.25, -0.2) is 0 Å². The molecule has 2 aliphatic heterocycles. The van der Waals surface area contributed by atoms with Crippen molar-refractivity contribution in [2.24, 2.45) is 0 Å². The molecule has 0 saturated carbocycles. The van der Waals surface area contributed by atoms with Crippen LogP contribution in [0.25, 0.3) is 6.08 Å². The summed E-state index contributed by atoms with van der Waals surface area (Å²) in [5.74, 6) is -0.229. The summed E-state index contributed by atoms with van der Waals surface area (Å²) in [6, 6.07) is 4.57. The van der Waals surface area contributed by atoms with E-state index in [1.807, 2.05) is 6.92 Å². The van der Waals surface area contributed by atoms with E-state index in [2.05, 4.69) is 0 Å². The maximum atomic E-state index is 10.3. The van der Waals surface area contributed by atoms with Gasteiger partial charge in [0, 0.05) is 0 Å². The lowest BCUT2D eigenvalue weighted by molar-refractivity contribution is -0.318. The number of ether oxygens (including phenoxy) is 4. The van der Waals surface area contributed by atoms with E-state index < -0.39 is 68.0 Å². The highest BCUT2D eigenvalue weighted by molar-refractivity contribution is 5.55. The van der Waals surface area contributed by atoms with Crippen molar-refractivity contribution in [3.05, 3.63) is 29.8 Å². The third-order valence-corrected chi connectivity index (χ3v) is 5.49. The van der Waals surface area contributed by atoms with E-state index in [-0.39, 0.29) is 11.5 Å². The van der Waals surface area contributed by atoms with Gasteiger partial charge in [-0.1, -0.05) is 18.2 Å². The number of allylic oxidation sites excluding steroid dienone is 1. The summed E-state index contributed by atoms with van der Waals surface area (Å²) in [5, 5.41) is 70.6. The van der Waals surface area contributed by atoms with Crippen molar-refractivity contribution in [1.82, 2.24) is 0 Å². The molecule has 1 aromatic carbocycles. The molecule has 0 aliphatic carbocycles. The Morgan fingerprint density at radius 1 is 0.875 bits per heavy atom. The molecule has 0 aromatic heterocycles. The van der Waals surface area contributed by atoms with Crippen LogP contribution in [-0.2, 0) is 14.2 Å². The minimum Gasteiger partial charge on any atom is -0.504 e. The first kappa shape index (κ1) is 24.8. The molecule has 0 spiro atoms. The standard InChI is InChI=1S/C21H30O11/c1-3-4-10-5-6-12(11(22)7-10)31-21-19(28)17(26)15(24)13(32-21)8-29-20-18(27)16(25)14(23)9(2)30-20/h3-7,9,13-28H,8H2,1-2H3/b4-3+. The van der Waals surface area contributed by atoms with E-state index in [0.717, 1.165) is 5.56 Å². The van der Waals surface area contributed by atoms with Crippen molar-refractivity contribution in [1.29, 1.82) is 0 Å². The fourth-order valence-electron chi connectivity index (χ4n) is 3.55. The van der Waals surface area contributed by atoms with Crippen molar-refractivity contribution in [2.75, 3.05) is 6.61 Å². The molecule has 11 heteroatoms. The van der Waals surface area contributed by atoms with E-state index >= 15 is 0 Å². The highest BCUT2D eigenvalue weighted by Gasteiger charge is 2.47. The number of aliphatic hydroxyl groups is 6. The molecule has 2 heterocycles. The predicted molar refractivity (Wildman–Crippen MR) is 108 cm³/mol. The van der Waals surface area contributed by atoms with Gasteiger partial charge in [0.25, 0.3) is 0 Å². The van der Waals surface area contributed by atoms with E-state index in [4.69, 9.17) is 18.9 Å². The van der Waals surface area contributed by atoms with Gasteiger partial charge in [0.2, 0.25) is 6.29 Å². The lowest BCUT2D eigenvalue weighted by atomic mass is 9.98. The van der Waals surface area contributed by atoms with Gasteiger partial charge in [-0.2, -0.15) is 0 Å². The maximum absolute atomic E-state index is 10.3. The molecular weight excluding hydrogens is 428 g/mol. The summed E-state index contributed by atoms with van der Waals surface area (Å²) in [7, 11) is 0. The van der Waals surface area contributed by atoms with Crippen molar-refractivity contribution in [3.8, 4) is 11.5 Å². The Bertz CT molecular complexity index is 787. The largest absolute Gasteiger partial charge is 0.504 e. The summed E-state index contributed by atoms with van der Waals surface area (Å²) < 4.78 is 21.8. The van der Waals surface area contributed by atoms with Crippen LogP contribution in [0.15, 0.2) is 24.3 Å². The first-order chi connectivity index (χ1) is 15.1. The molecule has 10 unspecified atom stereocenters. The van der Waals surface area contributed by atoms with Gasteiger partial charge in [0.15, 0.2) is 17.8 Å². The van der Waals surface area contributed by atoms with E-state index in [0.29, 0.717) is 0 Å². The summed E-state index contributed by atoms with van der Waals surface area (Å²) in [6.07, 6.45) is -10.5. The zero-order valence-corrected chi connectivity index (χ0v) is 17.6. The molecule has 7 N–H and O–H groups in total. The summed E-state index contributed by atoms with van der Waals surface area (Å²) in [4.78, 5) is 0. The van der Waals surface area contributed by atoms with Crippen LogP contribution in [0.3, 0.4) is 0 Å². The predicted octanol–water partition coefficient (Wildman–Crippen LogP) is -1.54. The Morgan fingerprint density at radius 3 is 2.19 bits per heavy atom. The normalized spacial score (nSPS) is 40.5. The fraction of sp³-hybridized carbons (Fsp3) is 0.619. The number of benzene rings is 1. The smallest absolute Gasteiger partial charge is 0.229 e. The van der Waals surface area contributed by atoms with Gasteiger partial charge in [-0.05, 0) is 31.5 Å². The number of hydrogen-bond donors (Lipinski definition) is 7. The Kier molecular flexibility index (Phi) is 8.09. The molecule has 2 aliphatic rings. The molecule has 1 aromatic rings. The number of phenols is 1. The van der Waals surface area contributed by atoms with Crippen molar-refractivity contribution in [2.45, 2.75) is 75.3 Å². The molecular formula is C21H30O11. The molecule has 0 bridgehead atoms. The summed E-state index contributed by atoms with van der Waals surface area (Å²) in [5.41, 5.74) is 0.719. The highest BCUT2D eigenvalue weighted by Crippen LogP contribution is 2.32. The number of aliphatic hydroxyl groups excluding tert-OH is 6. The number of phenolic OH excluding ortho intramolecular Hbond substituents is 1. The van der Waals surface area contributed by atoms with Crippen LogP contribution in [0.5, 0.6) is 11.5 Å². The maximum Gasteiger partial charge on any atom is 0.229 e. The zero-order chi connectivity index (χ0) is 23.6. The number of aromatic hydroxyl groups is 1. The van der Waals surface area contributed by atoms with Crippen LogP contribution in [0.2, 0.25) is 0 Å². The first-order valence-electron chi connectivity index (χ1n) is 10.3. The lowest BCUT2D eigenvalue weighted by Crippen LogP contribution is -2.61. The quantitative estimate of drug-likeness (QED) is 0.263. The zero-order valence-electron chi connectivity index (χ0n) is 17.6. The fourth-order valence-corrected chi connectivity index (χ4v) is 3.55. The number of rotatable bonds is 6. The van der Waals surface area contributed by atoms with Crippen LogP contribution in [0, 0.1) is 0 Å².